The zero-order valence-electron chi connectivity index (χ0n) is 17.8. The predicted molar refractivity (Wildman–Crippen MR) is 101 cm³/mol. The summed E-state index contributed by atoms with van der Waals surface area (Å²) in [5, 5.41) is 0. The molecule has 1 amide bonds. The number of rotatable bonds is 8. The molecule has 1 rings (SSSR count). The number of nitrogens with zero attached hydrogens (tertiary/aromatic N) is 1. The van der Waals surface area contributed by atoms with Gasteiger partial charge in [-0.1, -0.05) is 34.6 Å². The third-order valence-corrected chi connectivity index (χ3v) is 6.24. The molecule has 1 aliphatic rings. The van der Waals surface area contributed by atoms with Crippen molar-refractivity contribution in [2.75, 3.05) is 32.9 Å². The molecule has 0 aliphatic carbocycles. The van der Waals surface area contributed by atoms with Crippen molar-refractivity contribution >= 4 is 18.0 Å². The van der Waals surface area contributed by atoms with Crippen molar-refractivity contribution in [1.29, 1.82) is 0 Å². The van der Waals surface area contributed by atoms with Crippen molar-refractivity contribution in [3.8, 4) is 0 Å². The lowest BCUT2D eigenvalue weighted by Crippen LogP contribution is -2.48. The van der Waals surface area contributed by atoms with Crippen LogP contribution in [-0.4, -0.2) is 55.8 Å². The van der Waals surface area contributed by atoms with Gasteiger partial charge in [0.05, 0.1) is 12.0 Å². The van der Waals surface area contributed by atoms with Crippen LogP contribution < -0.4 is 0 Å². The Labute approximate surface area is 162 Å². The van der Waals surface area contributed by atoms with E-state index in [1.807, 2.05) is 27.7 Å². The van der Waals surface area contributed by atoms with Crippen LogP contribution in [0.25, 0.3) is 0 Å². The molecular formula is C20H35NO6. The molecule has 7 nitrogen and oxygen atoms in total. The smallest absolute Gasteiger partial charge is 0.462 e. The molecule has 27 heavy (non-hydrogen) atoms. The molecule has 0 N–H and O–H groups in total. The maximum Gasteiger partial charge on any atom is 0.508 e. The van der Waals surface area contributed by atoms with Crippen LogP contribution in [0, 0.1) is 16.2 Å². The van der Waals surface area contributed by atoms with Gasteiger partial charge in [-0.2, -0.15) is 0 Å². The fourth-order valence-corrected chi connectivity index (χ4v) is 2.85. The average Bonchev–Trinajstić information content (AvgIpc) is 2.95. The van der Waals surface area contributed by atoms with E-state index in [1.165, 1.54) is 0 Å². The second-order valence-electron chi connectivity index (χ2n) is 9.07. The summed E-state index contributed by atoms with van der Waals surface area (Å²) in [7, 11) is 0. The fraction of sp³-hybridized carbons (Fsp3) is 0.850. The van der Waals surface area contributed by atoms with Gasteiger partial charge >= 0.3 is 12.1 Å². The third-order valence-electron chi connectivity index (χ3n) is 6.24. The number of ether oxygens (including phenoxy) is 3. The highest BCUT2D eigenvalue weighted by Gasteiger charge is 2.50. The molecule has 1 saturated heterocycles. The lowest BCUT2D eigenvalue weighted by Gasteiger charge is -2.48. The molecule has 1 heterocycles. The molecule has 1 fully saturated rings. The summed E-state index contributed by atoms with van der Waals surface area (Å²) in [6.45, 7) is 15.2. The van der Waals surface area contributed by atoms with Gasteiger partial charge in [0.2, 0.25) is 5.91 Å². The van der Waals surface area contributed by atoms with Crippen LogP contribution in [0.15, 0.2) is 0 Å². The van der Waals surface area contributed by atoms with Crippen LogP contribution in [0.2, 0.25) is 0 Å². The van der Waals surface area contributed by atoms with E-state index < -0.39 is 11.6 Å². The van der Waals surface area contributed by atoms with Gasteiger partial charge in [-0.15, -0.1) is 0 Å². The Bertz CT molecular complexity index is 547. The molecule has 0 aromatic heterocycles. The average molecular weight is 386 g/mol. The number of amides is 1. The minimum atomic E-state index is -0.827. The van der Waals surface area contributed by atoms with Crippen molar-refractivity contribution in [2.24, 2.45) is 16.2 Å². The van der Waals surface area contributed by atoms with Crippen molar-refractivity contribution in [2.45, 2.75) is 61.3 Å². The summed E-state index contributed by atoms with van der Waals surface area (Å²) in [4.78, 5) is 37.2. The first kappa shape index (κ1) is 23.2. The van der Waals surface area contributed by atoms with E-state index >= 15 is 0 Å². The Morgan fingerprint density at radius 3 is 2.00 bits per heavy atom. The van der Waals surface area contributed by atoms with Gasteiger partial charge in [0.25, 0.3) is 0 Å². The molecule has 0 aromatic carbocycles. The minimum Gasteiger partial charge on any atom is -0.462 e. The highest BCUT2D eigenvalue weighted by Crippen LogP contribution is 2.51. The third kappa shape index (κ3) is 5.84. The molecule has 1 aliphatic heterocycles. The fourth-order valence-electron chi connectivity index (χ4n) is 2.85. The van der Waals surface area contributed by atoms with E-state index in [0.717, 1.165) is 6.42 Å². The van der Waals surface area contributed by atoms with E-state index in [9.17, 15) is 14.4 Å². The molecule has 0 bridgehead atoms. The number of carbonyl (C=O) groups excluding carboxylic acids is 3. The molecule has 0 saturated carbocycles. The quantitative estimate of drug-likeness (QED) is 0.470. The largest absolute Gasteiger partial charge is 0.508 e. The molecule has 0 unspecified atom stereocenters. The van der Waals surface area contributed by atoms with E-state index in [-0.39, 0.29) is 42.5 Å². The van der Waals surface area contributed by atoms with Crippen LogP contribution >= 0.6 is 0 Å². The number of hydrogen-bond donors (Lipinski definition) is 0. The summed E-state index contributed by atoms with van der Waals surface area (Å²) in [5.41, 5.74) is -1.09. The summed E-state index contributed by atoms with van der Waals surface area (Å²) in [6.07, 6.45) is 0.571. The summed E-state index contributed by atoms with van der Waals surface area (Å²) >= 11 is 0. The lowest BCUT2D eigenvalue weighted by atomic mass is 9.55. The van der Waals surface area contributed by atoms with Crippen molar-refractivity contribution in [3.63, 3.8) is 0 Å². The molecule has 156 valence electrons. The Morgan fingerprint density at radius 2 is 1.48 bits per heavy atom. The van der Waals surface area contributed by atoms with Crippen molar-refractivity contribution in [1.82, 2.24) is 4.90 Å². The molecular weight excluding hydrogens is 350 g/mol. The van der Waals surface area contributed by atoms with E-state index in [4.69, 9.17) is 14.2 Å². The predicted octanol–water partition coefficient (Wildman–Crippen LogP) is 3.40. The van der Waals surface area contributed by atoms with Crippen molar-refractivity contribution in [3.05, 3.63) is 0 Å². The van der Waals surface area contributed by atoms with Gasteiger partial charge in [-0.05, 0) is 31.1 Å². The number of esters is 1. The second-order valence-corrected chi connectivity index (χ2v) is 9.07. The topological polar surface area (TPSA) is 82.1 Å². The summed E-state index contributed by atoms with van der Waals surface area (Å²) in [6, 6.07) is 0. The maximum absolute atomic E-state index is 12.5. The molecule has 0 atom stereocenters. The Morgan fingerprint density at radius 1 is 0.926 bits per heavy atom. The van der Waals surface area contributed by atoms with Gasteiger partial charge in [-0.3, -0.25) is 9.59 Å². The van der Waals surface area contributed by atoms with Gasteiger partial charge in [0.1, 0.15) is 19.8 Å². The molecule has 7 heteroatoms. The van der Waals surface area contributed by atoms with E-state index in [2.05, 4.69) is 20.8 Å². The van der Waals surface area contributed by atoms with E-state index in [1.54, 1.807) is 4.90 Å². The first-order valence-electron chi connectivity index (χ1n) is 9.55. The number of hydrogen-bond acceptors (Lipinski definition) is 6. The van der Waals surface area contributed by atoms with Crippen LogP contribution in [0.3, 0.4) is 0 Å². The van der Waals surface area contributed by atoms with Gasteiger partial charge in [0, 0.05) is 13.0 Å². The highest BCUT2D eigenvalue weighted by molar-refractivity contribution is 5.78. The Kier molecular flexibility index (Phi) is 7.69. The van der Waals surface area contributed by atoms with Crippen molar-refractivity contribution < 1.29 is 28.6 Å². The molecule has 0 radical (unpaired) electrons. The number of carbonyl (C=O) groups is 3. The molecule has 0 spiro atoms. The first-order chi connectivity index (χ1) is 12.3. The Hall–Kier alpha value is -1.79. The maximum atomic E-state index is 12.5. The van der Waals surface area contributed by atoms with Gasteiger partial charge in [0.15, 0.2) is 0 Å². The van der Waals surface area contributed by atoms with Crippen LogP contribution in [0.4, 0.5) is 4.79 Å². The van der Waals surface area contributed by atoms with Crippen LogP contribution in [0.5, 0.6) is 0 Å². The second kappa shape index (κ2) is 8.93. The minimum absolute atomic E-state index is 0.0256. The summed E-state index contributed by atoms with van der Waals surface area (Å²) < 4.78 is 15.2. The SMILES string of the molecule is CC(C)(C)C(C)(C)C(C)(C)C(=O)OCCOC(=O)OCCN1CCCC1=O. The number of likely N-dealkylation sites (tertiary alicyclic amines) is 1. The monoisotopic (exact) mass is 385 g/mol. The lowest BCUT2D eigenvalue weighted by molar-refractivity contribution is -0.168. The van der Waals surface area contributed by atoms with E-state index in [0.29, 0.717) is 19.5 Å². The van der Waals surface area contributed by atoms with Crippen LogP contribution in [0.1, 0.15) is 61.3 Å². The van der Waals surface area contributed by atoms with Gasteiger partial charge < -0.3 is 19.1 Å². The highest BCUT2D eigenvalue weighted by atomic mass is 16.7. The van der Waals surface area contributed by atoms with Crippen LogP contribution in [-0.2, 0) is 23.8 Å². The standard InChI is InChI=1S/C20H35NO6/c1-18(2,3)20(6,7)19(4,5)16(23)25-13-14-27-17(24)26-12-11-21-10-8-9-15(21)22/h8-14H2,1-7H3. The van der Waals surface area contributed by atoms with Gasteiger partial charge in [-0.25, -0.2) is 4.79 Å². The first-order valence-corrected chi connectivity index (χ1v) is 9.55. The molecule has 0 aromatic rings. The zero-order valence-corrected chi connectivity index (χ0v) is 17.8. The zero-order chi connectivity index (χ0) is 20.9. The Balaban J connectivity index is 2.29. The summed E-state index contributed by atoms with van der Waals surface area (Å²) in [5.74, 6) is -0.244. The normalized spacial score (nSPS) is 15.7.